The third-order valence-corrected chi connectivity index (χ3v) is 5.04. The molecule has 0 saturated carbocycles. The summed E-state index contributed by atoms with van der Waals surface area (Å²) in [5.41, 5.74) is 7.48. The van der Waals surface area contributed by atoms with Crippen LogP contribution in [0.4, 0.5) is 0 Å². The fourth-order valence-electron chi connectivity index (χ4n) is 3.26. The summed E-state index contributed by atoms with van der Waals surface area (Å²) in [6.45, 7) is 6.25. The molecular weight excluding hydrogens is 427 g/mol. The summed E-state index contributed by atoms with van der Waals surface area (Å²) >= 11 is 0. The van der Waals surface area contributed by atoms with E-state index >= 15 is 0 Å². The summed E-state index contributed by atoms with van der Waals surface area (Å²) in [4.78, 5) is 1.96. The maximum atomic E-state index is 10.3. The molecule has 3 atom stereocenters. The molecule has 0 radical (unpaired) electrons. The number of nitrogens with zero attached hydrogens (tertiary/aromatic N) is 1. The monoisotopic (exact) mass is 468 g/mol. The summed E-state index contributed by atoms with van der Waals surface area (Å²) in [5, 5.41) is 10.3. The van der Waals surface area contributed by atoms with Gasteiger partial charge in [-0.2, -0.15) is 0 Å². The Kier molecular flexibility index (Phi) is 17.7. The number of rotatable bonds is 14. The van der Waals surface area contributed by atoms with E-state index in [4.69, 9.17) is 19.9 Å². The van der Waals surface area contributed by atoms with Crippen LogP contribution in [0.15, 0.2) is 18.2 Å². The van der Waals surface area contributed by atoms with E-state index in [1.54, 1.807) is 14.2 Å². The Balaban J connectivity index is 0. The first-order chi connectivity index (χ1) is 13.3. The molecule has 30 heavy (non-hydrogen) atoms. The summed E-state index contributed by atoms with van der Waals surface area (Å²) in [7, 11) is 7.23. The molecule has 0 aromatic heterocycles. The fourth-order valence-corrected chi connectivity index (χ4v) is 3.26. The van der Waals surface area contributed by atoms with Gasteiger partial charge in [-0.15, -0.1) is 24.8 Å². The normalized spacial score (nSPS) is 13.9. The minimum absolute atomic E-state index is 0. The third-order valence-electron chi connectivity index (χ3n) is 5.04. The number of nitrogens with two attached hydrogens (primary N) is 1. The first-order valence-corrected chi connectivity index (χ1v) is 10.2. The lowest BCUT2D eigenvalue weighted by Gasteiger charge is -2.28. The second-order valence-electron chi connectivity index (χ2n) is 8.12. The quantitative estimate of drug-likeness (QED) is 0.407. The van der Waals surface area contributed by atoms with Gasteiger partial charge in [-0.05, 0) is 56.5 Å². The van der Waals surface area contributed by atoms with Crippen molar-refractivity contribution in [3.05, 3.63) is 23.8 Å². The van der Waals surface area contributed by atoms with Gasteiger partial charge in [0.1, 0.15) is 0 Å². The number of likely N-dealkylation sites (N-methyl/N-ethyl adjacent to an activating group) is 1. The molecule has 8 heteroatoms. The molecule has 0 saturated heterocycles. The predicted molar refractivity (Wildman–Crippen MR) is 129 cm³/mol. The van der Waals surface area contributed by atoms with Crippen LogP contribution in [-0.2, 0) is 11.2 Å². The first-order valence-electron chi connectivity index (χ1n) is 10.2. The van der Waals surface area contributed by atoms with Gasteiger partial charge in [0.15, 0.2) is 11.5 Å². The van der Waals surface area contributed by atoms with Crippen LogP contribution in [0.25, 0.3) is 0 Å². The first kappa shape index (κ1) is 31.4. The van der Waals surface area contributed by atoms with E-state index in [0.717, 1.165) is 30.8 Å². The Morgan fingerprint density at radius 3 is 2.27 bits per heavy atom. The molecule has 178 valence electrons. The summed E-state index contributed by atoms with van der Waals surface area (Å²) in [6, 6.07) is 5.86. The maximum Gasteiger partial charge on any atom is 0.161 e. The van der Waals surface area contributed by atoms with E-state index in [1.807, 2.05) is 25.1 Å². The van der Waals surface area contributed by atoms with Crippen molar-refractivity contribution in [2.45, 2.75) is 45.3 Å². The van der Waals surface area contributed by atoms with Crippen LogP contribution in [0.3, 0.4) is 0 Å². The van der Waals surface area contributed by atoms with Gasteiger partial charge in [-0.25, -0.2) is 0 Å². The standard InChI is InChI=1S/C22H40N2O4.2ClH/c1-16(2)18(14-19(23)20(25)15-24(3)4)12-17-8-9-21(27-6)22(13-17)28-11-7-10-26-5;;/h8-9,13,16,18-20,25H,7,10-12,14-15,23H2,1-6H3;2*1H/t18-,19-,20-;;/m0../s1. The number of halogens is 2. The average Bonchev–Trinajstić information content (AvgIpc) is 2.64. The second-order valence-corrected chi connectivity index (χ2v) is 8.12. The lowest BCUT2D eigenvalue weighted by atomic mass is 9.83. The van der Waals surface area contributed by atoms with Crippen molar-refractivity contribution in [2.24, 2.45) is 17.6 Å². The molecule has 0 aliphatic rings. The summed E-state index contributed by atoms with van der Waals surface area (Å²) in [6.07, 6.45) is 1.98. The van der Waals surface area contributed by atoms with Gasteiger partial charge in [0.05, 0.1) is 19.8 Å². The van der Waals surface area contributed by atoms with Gasteiger partial charge in [0.2, 0.25) is 0 Å². The molecule has 1 aromatic rings. The number of hydrogen-bond acceptors (Lipinski definition) is 6. The Morgan fingerprint density at radius 2 is 1.73 bits per heavy atom. The van der Waals surface area contributed by atoms with E-state index in [-0.39, 0.29) is 30.9 Å². The van der Waals surface area contributed by atoms with Crippen LogP contribution in [-0.4, -0.2) is 70.2 Å². The molecule has 0 fully saturated rings. The van der Waals surface area contributed by atoms with Crippen LogP contribution < -0.4 is 15.2 Å². The molecule has 0 spiro atoms. The maximum absolute atomic E-state index is 10.3. The van der Waals surface area contributed by atoms with Crippen molar-refractivity contribution < 1.29 is 19.3 Å². The van der Waals surface area contributed by atoms with Crippen molar-refractivity contribution in [3.8, 4) is 11.5 Å². The van der Waals surface area contributed by atoms with Crippen LogP contribution >= 0.6 is 24.8 Å². The second kappa shape index (κ2) is 16.9. The Labute approximate surface area is 195 Å². The van der Waals surface area contributed by atoms with Crippen molar-refractivity contribution in [2.75, 3.05) is 48.1 Å². The highest BCUT2D eigenvalue weighted by molar-refractivity contribution is 5.85. The summed E-state index contributed by atoms with van der Waals surface area (Å²) < 4.78 is 16.4. The Bertz CT molecular complexity index is 562. The highest BCUT2D eigenvalue weighted by Crippen LogP contribution is 2.31. The van der Waals surface area contributed by atoms with Crippen LogP contribution in [0.1, 0.15) is 32.3 Å². The molecular formula is C22H42Cl2N2O4. The van der Waals surface area contributed by atoms with Crippen LogP contribution in [0.5, 0.6) is 11.5 Å². The largest absolute Gasteiger partial charge is 0.493 e. The molecule has 0 aliphatic carbocycles. The van der Waals surface area contributed by atoms with E-state index in [2.05, 4.69) is 26.0 Å². The predicted octanol–water partition coefficient (Wildman–Crippen LogP) is 3.41. The fraction of sp³-hybridized carbons (Fsp3) is 0.727. The number of ether oxygens (including phenoxy) is 3. The zero-order valence-corrected chi connectivity index (χ0v) is 20.9. The Hall–Kier alpha value is -0.760. The topological polar surface area (TPSA) is 77.2 Å². The van der Waals surface area contributed by atoms with E-state index in [1.165, 1.54) is 5.56 Å². The zero-order chi connectivity index (χ0) is 21.1. The van der Waals surface area contributed by atoms with E-state index < -0.39 is 6.10 Å². The minimum atomic E-state index is -0.521. The highest BCUT2D eigenvalue weighted by Gasteiger charge is 2.23. The molecule has 1 aromatic carbocycles. The van der Waals surface area contributed by atoms with Gasteiger partial charge < -0.3 is 30.0 Å². The van der Waals surface area contributed by atoms with E-state index in [0.29, 0.717) is 31.6 Å². The van der Waals surface area contributed by atoms with Crippen molar-refractivity contribution in [1.29, 1.82) is 0 Å². The van der Waals surface area contributed by atoms with Crippen LogP contribution in [0, 0.1) is 11.8 Å². The van der Waals surface area contributed by atoms with Gasteiger partial charge in [0.25, 0.3) is 0 Å². The minimum Gasteiger partial charge on any atom is -0.493 e. The Morgan fingerprint density at radius 1 is 1.07 bits per heavy atom. The SMILES string of the molecule is COCCCOc1cc(C[C@@H](C[C@H](N)[C@@H](O)CN(C)C)C(C)C)ccc1OC.Cl.Cl. The molecule has 0 heterocycles. The molecule has 3 N–H and O–H groups in total. The van der Waals surface area contributed by atoms with Crippen LogP contribution in [0.2, 0.25) is 0 Å². The number of aliphatic hydroxyl groups excluding tert-OH is 1. The summed E-state index contributed by atoms with van der Waals surface area (Å²) in [5.74, 6) is 2.34. The van der Waals surface area contributed by atoms with Crippen molar-refractivity contribution >= 4 is 24.8 Å². The number of hydrogen-bond donors (Lipinski definition) is 2. The third kappa shape index (κ3) is 11.6. The lowest BCUT2D eigenvalue weighted by molar-refractivity contribution is 0.0974. The smallest absolute Gasteiger partial charge is 0.161 e. The van der Waals surface area contributed by atoms with Crippen molar-refractivity contribution in [1.82, 2.24) is 4.90 Å². The zero-order valence-electron chi connectivity index (χ0n) is 19.3. The molecule has 1 rings (SSSR count). The highest BCUT2D eigenvalue weighted by atomic mass is 35.5. The average molecular weight is 469 g/mol. The molecule has 0 amide bonds. The molecule has 6 nitrogen and oxygen atoms in total. The number of aliphatic hydroxyl groups is 1. The van der Waals surface area contributed by atoms with Gasteiger partial charge in [-0.3, -0.25) is 0 Å². The lowest BCUT2D eigenvalue weighted by Crippen LogP contribution is -2.43. The molecule has 0 aliphatic heterocycles. The van der Waals surface area contributed by atoms with E-state index in [9.17, 15) is 5.11 Å². The molecule has 0 unspecified atom stereocenters. The number of benzene rings is 1. The van der Waals surface area contributed by atoms with Crippen molar-refractivity contribution in [3.63, 3.8) is 0 Å². The molecule has 0 bridgehead atoms. The van der Waals surface area contributed by atoms with Gasteiger partial charge >= 0.3 is 0 Å². The number of methoxy groups -OCH3 is 2. The van der Waals surface area contributed by atoms with Gasteiger partial charge in [-0.1, -0.05) is 19.9 Å². The van der Waals surface area contributed by atoms with Gasteiger partial charge in [0, 0.05) is 32.7 Å².